The largest absolute Gasteiger partial charge is 0.494 e. The maximum atomic E-state index is 9.61. The second-order valence-corrected chi connectivity index (χ2v) is 5.78. The van der Waals surface area contributed by atoms with Gasteiger partial charge in [0.05, 0.1) is 24.6 Å². The Kier molecular flexibility index (Phi) is 3.98. The Labute approximate surface area is 122 Å². The van der Waals surface area contributed by atoms with Crippen molar-refractivity contribution >= 4 is 11.8 Å². The monoisotopic (exact) mass is 290 g/mol. The van der Waals surface area contributed by atoms with E-state index in [9.17, 15) is 5.11 Å². The lowest BCUT2D eigenvalue weighted by Gasteiger charge is -2.07. The number of aliphatic hydroxyl groups is 1. The summed E-state index contributed by atoms with van der Waals surface area (Å²) >= 11 is 1.74. The minimum absolute atomic E-state index is 0.0248. The molecule has 0 fully saturated rings. The Bertz CT molecular complexity index is 593. The molecular formula is C15H18N2O2S. The lowest BCUT2D eigenvalue weighted by atomic mass is 10.1. The number of rotatable bonds is 5. The lowest BCUT2D eigenvalue weighted by Crippen LogP contribution is -2.01. The molecule has 20 heavy (non-hydrogen) atoms. The fourth-order valence-corrected chi connectivity index (χ4v) is 3.32. The highest BCUT2D eigenvalue weighted by molar-refractivity contribution is 7.99. The molecule has 1 aromatic heterocycles. The summed E-state index contributed by atoms with van der Waals surface area (Å²) in [5, 5.41) is 10.6. The van der Waals surface area contributed by atoms with E-state index in [1.54, 1.807) is 11.8 Å². The summed E-state index contributed by atoms with van der Waals surface area (Å²) in [5.41, 5.74) is 2.82. The number of benzene rings is 1. The van der Waals surface area contributed by atoms with E-state index < -0.39 is 0 Å². The van der Waals surface area contributed by atoms with Crippen molar-refractivity contribution in [2.45, 2.75) is 31.7 Å². The summed E-state index contributed by atoms with van der Waals surface area (Å²) in [6.45, 7) is 3.78. The molecule has 1 aliphatic rings. The van der Waals surface area contributed by atoms with Crippen LogP contribution in [0.4, 0.5) is 0 Å². The second-order valence-electron chi connectivity index (χ2n) is 4.72. The smallest absolute Gasteiger partial charge is 0.168 e. The van der Waals surface area contributed by atoms with Crippen LogP contribution in [-0.4, -0.2) is 27.0 Å². The van der Waals surface area contributed by atoms with Gasteiger partial charge in [-0.05, 0) is 30.7 Å². The fraction of sp³-hybridized carbons (Fsp3) is 0.400. The molecule has 1 aromatic carbocycles. The van der Waals surface area contributed by atoms with Crippen LogP contribution in [0, 0.1) is 0 Å². The molecule has 0 saturated heterocycles. The molecule has 0 bridgehead atoms. The molecule has 5 heteroatoms. The molecule has 0 spiro atoms. The van der Waals surface area contributed by atoms with E-state index in [1.807, 2.05) is 24.3 Å². The van der Waals surface area contributed by atoms with Gasteiger partial charge in [-0.2, -0.15) is 0 Å². The molecule has 1 N–H and O–H groups in total. The normalized spacial score (nSPS) is 13.5. The summed E-state index contributed by atoms with van der Waals surface area (Å²) in [6.07, 6.45) is 1.00. The van der Waals surface area contributed by atoms with Gasteiger partial charge in [-0.25, -0.2) is 4.98 Å². The standard InChI is InChI=1S/C15H18N2O2S/c1-2-8-19-12-5-3-11(4-6-12)14-13(10-18)17-7-9-20-15(17)16-14/h3-6,18H,2,7-10H2,1H3. The van der Waals surface area contributed by atoms with Crippen LogP contribution in [0.3, 0.4) is 0 Å². The van der Waals surface area contributed by atoms with Crippen molar-refractivity contribution in [2.24, 2.45) is 0 Å². The third-order valence-electron chi connectivity index (χ3n) is 3.33. The van der Waals surface area contributed by atoms with Crippen molar-refractivity contribution in [3.63, 3.8) is 0 Å². The number of fused-ring (bicyclic) bond motifs is 1. The lowest BCUT2D eigenvalue weighted by molar-refractivity contribution is 0.271. The number of aliphatic hydroxyl groups excluding tert-OH is 1. The predicted octanol–water partition coefficient (Wildman–Crippen LogP) is 2.94. The number of thioether (sulfide) groups is 1. The fourth-order valence-electron chi connectivity index (χ4n) is 2.35. The first-order valence-electron chi connectivity index (χ1n) is 6.89. The van der Waals surface area contributed by atoms with Gasteiger partial charge in [-0.3, -0.25) is 0 Å². The number of hydrogen-bond donors (Lipinski definition) is 1. The highest BCUT2D eigenvalue weighted by Gasteiger charge is 2.21. The summed E-state index contributed by atoms with van der Waals surface area (Å²) in [4.78, 5) is 4.65. The third kappa shape index (κ3) is 2.43. The van der Waals surface area contributed by atoms with E-state index in [0.29, 0.717) is 0 Å². The van der Waals surface area contributed by atoms with E-state index in [0.717, 1.165) is 53.2 Å². The molecule has 1 aliphatic heterocycles. The molecule has 0 amide bonds. The number of hydrogen-bond acceptors (Lipinski definition) is 4. The SMILES string of the molecule is CCCOc1ccc(-c2nc3n(c2CO)CCS3)cc1. The topological polar surface area (TPSA) is 47.3 Å². The first-order chi connectivity index (χ1) is 9.83. The highest BCUT2D eigenvalue weighted by Crippen LogP contribution is 2.33. The Balaban J connectivity index is 1.89. The van der Waals surface area contributed by atoms with Crippen molar-refractivity contribution in [3.8, 4) is 17.0 Å². The summed E-state index contributed by atoms with van der Waals surface area (Å²) in [5.74, 6) is 1.92. The van der Waals surface area contributed by atoms with E-state index >= 15 is 0 Å². The van der Waals surface area contributed by atoms with Gasteiger partial charge >= 0.3 is 0 Å². The molecule has 0 unspecified atom stereocenters. The van der Waals surface area contributed by atoms with Crippen LogP contribution in [0.25, 0.3) is 11.3 Å². The van der Waals surface area contributed by atoms with E-state index in [2.05, 4.69) is 16.5 Å². The van der Waals surface area contributed by atoms with Crippen LogP contribution in [0.15, 0.2) is 29.4 Å². The first-order valence-corrected chi connectivity index (χ1v) is 7.88. The van der Waals surface area contributed by atoms with Crippen LogP contribution in [-0.2, 0) is 13.2 Å². The first kappa shape index (κ1) is 13.5. The van der Waals surface area contributed by atoms with Gasteiger partial charge in [0.15, 0.2) is 5.16 Å². The Morgan fingerprint density at radius 3 is 2.85 bits per heavy atom. The highest BCUT2D eigenvalue weighted by atomic mass is 32.2. The minimum Gasteiger partial charge on any atom is -0.494 e. The van der Waals surface area contributed by atoms with Crippen molar-refractivity contribution in [2.75, 3.05) is 12.4 Å². The molecule has 2 heterocycles. The van der Waals surface area contributed by atoms with Gasteiger partial charge in [0, 0.05) is 17.9 Å². The third-order valence-corrected chi connectivity index (χ3v) is 4.29. The van der Waals surface area contributed by atoms with Gasteiger partial charge in [0.25, 0.3) is 0 Å². The molecule has 106 valence electrons. The number of aromatic nitrogens is 2. The number of ether oxygens (including phenoxy) is 1. The van der Waals surface area contributed by atoms with Gasteiger partial charge in [0.1, 0.15) is 5.75 Å². The van der Waals surface area contributed by atoms with E-state index in [4.69, 9.17) is 4.74 Å². The van der Waals surface area contributed by atoms with Crippen molar-refractivity contribution in [1.29, 1.82) is 0 Å². The maximum absolute atomic E-state index is 9.61. The van der Waals surface area contributed by atoms with Crippen LogP contribution in [0.5, 0.6) is 5.75 Å². The zero-order valence-corrected chi connectivity index (χ0v) is 12.3. The number of nitrogens with zero attached hydrogens (tertiary/aromatic N) is 2. The molecule has 0 aliphatic carbocycles. The molecule has 2 aromatic rings. The number of imidazole rings is 1. The van der Waals surface area contributed by atoms with Crippen molar-refractivity contribution < 1.29 is 9.84 Å². The van der Waals surface area contributed by atoms with Crippen LogP contribution in [0.1, 0.15) is 19.0 Å². The van der Waals surface area contributed by atoms with Gasteiger partial charge < -0.3 is 14.4 Å². The Hall–Kier alpha value is -1.46. The Morgan fingerprint density at radius 1 is 1.35 bits per heavy atom. The van der Waals surface area contributed by atoms with Crippen LogP contribution in [0.2, 0.25) is 0 Å². The van der Waals surface area contributed by atoms with Crippen molar-refractivity contribution in [3.05, 3.63) is 30.0 Å². The van der Waals surface area contributed by atoms with Gasteiger partial charge in [-0.15, -0.1) is 0 Å². The maximum Gasteiger partial charge on any atom is 0.168 e. The van der Waals surface area contributed by atoms with E-state index in [1.165, 1.54) is 0 Å². The second kappa shape index (κ2) is 5.89. The average molecular weight is 290 g/mol. The quantitative estimate of drug-likeness (QED) is 0.919. The van der Waals surface area contributed by atoms with Crippen molar-refractivity contribution in [1.82, 2.24) is 9.55 Å². The average Bonchev–Trinajstić information content (AvgIpc) is 3.05. The van der Waals surface area contributed by atoms with Gasteiger partial charge in [0.2, 0.25) is 0 Å². The van der Waals surface area contributed by atoms with Crippen LogP contribution < -0.4 is 4.74 Å². The zero-order valence-electron chi connectivity index (χ0n) is 11.5. The van der Waals surface area contributed by atoms with Gasteiger partial charge in [-0.1, -0.05) is 18.7 Å². The summed E-state index contributed by atoms with van der Waals surface area (Å²) in [7, 11) is 0. The molecule has 0 saturated carbocycles. The Morgan fingerprint density at radius 2 is 2.15 bits per heavy atom. The van der Waals surface area contributed by atoms with Crippen LogP contribution >= 0.6 is 11.8 Å². The molecule has 0 radical (unpaired) electrons. The molecule has 0 atom stereocenters. The van der Waals surface area contributed by atoms with E-state index in [-0.39, 0.29) is 6.61 Å². The summed E-state index contributed by atoms with van der Waals surface area (Å²) in [6, 6.07) is 7.94. The predicted molar refractivity (Wildman–Crippen MR) is 80.1 cm³/mol. The zero-order chi connectivity index (χ0) is 13.9. The summed E-state index contributed by atoms with van der Waals surface area (Å²) < 4.78 is 7.70. The minimum atomic E-state index is 0.0248. The molecular weight excluding hydrogens is 272 g/mol. The molecule has 3 rings (SSSR count). The molecule has 4 nitrogen and oxygen atoms in total.